The van der Waals surface area contributed by atoms with E-state index in [9.17, 15) is 0 Å². The Morgan fingerprint density at radius 2 is 2.00 bits per heavy atom. The van der Waals surface area contributed by atoms with Crippen LogP contribution < -0.4 is 5.32 Å². The fraction of sp³-hybridized carbons (Fsp3) is 0.500. The first-order valence-electron chi connectivity index (χ1n) is 6.30. The normalized spacial score (nSPS) is 14.7. The summed E-state index contributed by atoms with van der Waals surface area (Å²) in [6.45, 7) is 3.91. The summed E-state index contributed by atoms with van der Waals surface area (Å²) in [5.41, 5.74) is 1.04. The first-order valence-corrected chi connectivity index (χ1v) is 7.12. The number of aromatic nitrogens is 5. The van der Waals surface area contributed by atoms with Crippen LogP contribution in [0.1, 0.15) is 36.0 Å². The quantitative estimate of drug-likeness (QED) is 0.834. The predicted octanol–water partition coefficient (Wildman–Crippen LogP) is 2.28. The van der Waals surface area contributed by atoms with Gasteiger partial charge in [-0.1, -0.05) is 0 Å². The van der Waals surface area contributed by atoms with Crippen LogP contribution in [0.5, 0.6) is 0 Å². The fourth-order valence-corrected chi connectivity index (χ4v) is 2.67. The summed E-state index contributed by atoms with van der Waals surface area (Å²) in [6, 6.07) is 0. The van der Waals surface area contributed by atoms with E-state index in [4.69, 9.17) is 0 Å². The third-order valence-corrected chi connectivity index (χ3v) is 4.02. The number of nitrogens with one attached hydrogen (secondary N) is 2. The summed E-state index contributed by atoms with van der Waals surface area (Å²) >= 11 is 1.48. The van der Waals surface area contributed by atoms with E-state index in [1.807, 2.05) is 20.9 Å². The fourth-order valence-electron chi connectivity index (χ4n) is 1.83. The zero-order chi connectivity index (χ0) is 13.4. The molecule has 1 fully saturated rings. The van der Waals surface area contributed by atoms with Crippen LogP contribution in [-0.4, -0.2) is 32.2 Å². The first-order chi connectivity index (χ1) is 9.17. The number of anilines is 1. The van der Waals surface area contributed by atoms with E-state index >= 15 is 0 Å². The molecular formula is C12H16N6S. The minimum absolute atomic E-state index is 0.529. The molecule has 2 N–H and O–H groups in total. The van der Waals surface area contributed by atoms with Crippen LogP contribution in [-0.2, 0) is 0 Å². The molecule has 0 radical (unpaired) electrons. The molecule has 0 aliphatic heterocycles. The maximum absolute atomic E-state index is 4.67. The van der Waals surface area contributed by atoms with Crippen molar-refractivity contribution >= 4 is 17.6 Å². The average molecular weight is 276 g/mol. The van der Waals surface area contributed by atoms with Crippen molar-refractivity contribution in [1.29, 1.82) is 0 Å². The van der Waals surface area contributed by atoms with Crippen molar-refractivity contribution in [1.82, 2.24) is 25.1 Å². The summed E-state index contributed by atoms with van der Waals surface area (Å²) < 4.78 is 0. The molecular weight excluding hydrogens is 260 g/mol. The Kier molecular flexibility index (Phi) is 3.14. The van der Waals surface area contributed by atoms with Crippen molar-refractivity contribution in [3.05, 3.63) is 17.2 Å². The van der Waals surface area contributed by atoms with Crippen LogP contribution in [0.2, 0.25) is 0 Å². The second-order valence-corrected chi connectivity index (χ2v) is 5.65. The van der Waals surface area contributed by atoms with Crippen molar-refractivity contribution < 1.29 is 0 Å². The van der Waals surface area contributed by atoms with Crippen molar-refractivity contribution in [2.45, 2.75) is 42.8 Å². The Labute approximate surface area is 115 Å². The number of rotatable bonds is 4. The van der Waals surface area contributed by atoms with Crippen LogP contribution in [0.25, 0.3) is 0 Å². The van der Waals surface area contributed by atoms with Gasteiger partial charge in [0.25, 0.3) is 0 Å². The molecule has 2 aromatic heterocycles. The number of aromatic amines is 1. The van der Waals surface area contributed by atoms with Gasteiger partial charge in [-0.15, -0.1) is 5.10 Å². The molecule has 3 rings (SSSR count). The van der Waals surface area contributed by atoms with E-state index in [0.29, 0.717) is 11.1 Å². The molecule has 100 valence electrons. The Hall–Kier alpha value is -1.63. The minimum Gasteiger partial charge on any atom is -0.373 e. The molecule has 0 amide bonds. The third kappa shape index (κ3) is 2.56. The third-order valence-electron chi connectivity index (χ3n) is 3.06. The molecule has 2 aromatic rings. The Morgan fingerprint density at radius 1 is 1.21 bits per heavy atom. The summed E-state index contributed by atoms with van der Waals surface area (Å²) in [7, 11) is 1.89. The van der Waals surface area contributed by atoms with Crippen molar-refractivity contribution in [2.75, 3.05) is 12.4 Å². The van der Waals surface area contributed by atoms with Gasteiger partial charge in [-0.3, -0.25) is 5.10 Å². The smallest absolute Gasteiger partial charge is 0.214 e. The molecule has 0 bridgehead atoms. The van der Waals surface area contributed by atoms with Crippen molar-refractivity contribution in [3.63, 3.8) is 0 Å². The maximum Gasteiger partial charge on any atom is 0.214 e. The lowest BCUT2D eigenvalue weighted by molar-refractivity contribution is 0.860. The number of nitrogens with zero attached hydrogens (tertiary/aromatic N) is 4. The average Bonchev–Trinajstić information content (AvgIpc) is 3.16. The van der Waals surface area contributed by atoms with E-state index < -0.39 is 0 Å². The van der Waals surface area contributed by atoms with E-state index in [1.54, 1.807) is 0 Å². The van der Waals surface area contributed by atoms with Gasteiger partial charge in [0, 0.05) is 18.5 Å². The maximum atomic E-state index is 4.67. The molecule has 0 aromatic carbocycles. The largest absolute Gasteiger partial charge is 0.373 e. The van der Waals surface area contributed by atoms with Crippen LogP contribution >= 0.6 is 11.8 Å². The molecule has 0 unspecified atom stereocenters. The molecule has 19 heavy (non-hydrogen) atoms. The van der Waals surface area contributed by atoms with Crippen LogP contribution in [0, 0.1) is 13.8 Å². The molecule has 1 aliphatic rings. The highest BCUT2D eigenvalue weighted by molar-refractivity contribution is 7.99. The molecule has 2 heterocycles. The topological polar surface area (TPSA) is 79.4 Å². The Balaban J connectivity index is 1.96. The number of H-pyrrole nitrogens is 1. The standard InChI is InChI=1S/C12H16N6S/c1-6-9(13-3)15-10(8-4-5-8)16-11(6)19-12-14-7(2)17-18-12/h8H,4-5H2,1-3H3,(H,13,15,16)(H,14,17,18). The van der Waals surface area contributed by atoms with E-state index in [1.165, 1.54) is 24.6 Å². The molecule has 6 nitrogen and oxygen atoms in total. The highest BCUT2D eigenvalue weighted by Gasteiger charge is 2.28. The highest BCUT2D eigenvalue weighted by Crippen LogP contribution is 2.40. The van der Waals surface area contributed by atoms with Crippen LogP contribution in [0.15, 0.2) is 10.2 Å². The molecule has 0 spiro atoms. The van der Waals surface area contributed by atoms with Gasteiger partial charge < -0.3 is 5.32 Å². The van der Waals surface area contributed by atoms with Gasteiger partial charge in [0.1, 0.15) is 22.5 Å². The monoisotopic (exact) mass is 276 g/mol. The van der Waals surface area contributed by atoms with Crippen LogP contribution in [0.3, 0.4) is 0 Å². The molecule has 1 aliphatic carbocycles. The summed E-state index contributed by atoms with van der Waals surface area (Å²) in [6.07, 6.45) is 2.38. The molecule has 0 atom stereocenters. The highest BCUT2D eigenvalue weighted by atomic mass is 32.2. The Bertz CT molecular complexity index is 604. The number of hydrogen-bond acceptors (Lipinski definition) is 6. The molecule has 0 saturated heterocycles. The second kappa shape index (κ2) is 4.80. The summed E-state index contributed by atoms with van der Waals surface area (Å²) in [5, 5.41) is 11.8. The number of hydrogen-bond donors (Lipinski definition) is 2. The van der Waals surface area contributed by atoms with Gasteiger partial charge in [-0.05, 0) is 38.5 Å². The van der Waals surface area contributed by atoms with Crippen molar-refractivity contribution in [3.8, 4) is 0 Å². The van der Waals surface area contributed by atoms with E-state index in [-0.39, 0.29) is 0 Å². The predicted molar refractivity (Wildman–Crippen MR) is 73.5 cm³/mol. The molecule has 7 heteroatoms. The van der Waals surface area contributed by atoms with E-state index in [0.717, 1.165) is 28.1 Å². The Morgan fingerprint density at radius 3 is 2.58 bits per heavy atom. The lowest BCUT2D eigenvalue weighted by atomic mass is 10.3. The van der Waals surface area contributed by atoms with Gasteiger partial charge in [-0.2, -0.15) is 0 Å². The van der Waals surface area contributed by atoms with E-state index in [2.05, 4.69) is 30.5 Å². The number of aryl methyl sites for hydroxylation is 1. The zero-order valence-electron chi connectivity index (χ0n) is 11.2. The lowest BCUT2D eigenvalue weighted by Gasteiger charge is -2.10. The van der Waals surface area contributed by atoms with Gasteiger partial charge in [0.15, 0.2) is 0 Å². The minimum atomic E-state index is 0.529. The van der Waals surface area contributed by atoms with Gasteiger partial charge in [0.2, 0.25) is 5.16 Å². The summed E-state index contributed by atoms with van der Waals surface area (Å²) in [4.78, 5) is 13.5. The lowest BCUT2D eigenvalue weighted by Crippen LogP contribution is -2.04. The SMILES string of the molecule is CNc1nc(C2CC2)nc(Sc2n[nH]c(C)n2)c1C. The molecule has 1 saturated carbocycles. The first kappa shape index (κ1) is 12.4. The van der Waals surface area contributed by atoms with Crippen molar-refractivity contribution in [2.24, 2.45) is 0 Å². The van der Waals surface area contributed by atoms with Gasteiger partial charge >= 0.3 is 0 Å². The van der Waals surface area contributed by atoms with Gasteiger partial charge in [0.05, 0.1) is 0 Å². The zero-order valence-corrected chi connectivity index (χ0v) is 12.0. The summed E-state index contributed by atoms with van der Waals surface area (Å²) in [5.74, 6) is 3.17. The van der Waals surface area contributed by atoms with Gasteiger partial charge in [-0.25, -0.2) is 15.0 Å². The second-order valence-electron chi connectivity index (χ2n) is 4.69. The van der Waals surface area contributed by atoms with Crippen LogP contribution in [0.4, 0.5) is 5.82 Å².